The van der Waals surface area contributed by atoms with E-state index in [4.69, 9.17) is 4.74 Å². The highest BCUT2D eigenvalue weighted by molar-refractivity contribution is 5.72. The average Bonchev–Trinajstić information content (AvgIpc) is 2.85. The quantitative estimate of drug-likeness (QED) is 0.865. The van der Waals surface area contributed by atoms with Crippen molar-refractivity contribution in [2.75, 3.05) is 0 Å². The van der Waals surface area contributed by atoms with Crippen LogP contribution in [0.1, 0.15) is 17.2 Å². The third-order valence-corrected chi connectivity index (χ3v) is 3.54. The Morgan fingerprint density at radius 2 is 1.67 bits per heavy atom. The number of nitrogens with zero attached hydrogens (tertiary/aromatic N) is 2. The van der Waals surface area contributed by atoms with E-state index in [0.717, 1.165) is 11.1 Å². The maximum absolute atomic E-state index is 12.1. The fourth-order valence-electron chi connectivity index (χ4n) is 2.49. The van der Waals surface area contributed by atoms with Crippen molar-refractivity contribution < 1.29 is 9.53 Å². The summed E-state index contributed by atoms with van der Waals surface area (Å²) in [5, 5.41) is 9.44. The molecule has 2 atom stereocenters. The van der Waals surface area contributed by atoms with E-state index in [1.807, 2.05) is 60.7 Å². The zero-order valence-electron chi connectivity index (χ0n) is 11.3. The highest BCUT2D eigenvalue weighted by Crippen LogP contribution is 2.33. The predicted octanol–water partition coefficient (Wildman–Crippen LogP) is 3.27. The SMILES string of the molecule is N#C[C@@H]1[C@@H](c2ccccc2)OC(=O)N1Cc1ccccc1. The lowest BCUT2D eigenvalue weighted by Crippen LogP contribution is -2.32. The lowest BCUT2D eigenvalue weighted by molar-refractivity contribution is 0.131. The monoisotopic (exact) mass is 278 g/mol. The van der Waals surface area contributed by atoms with E-state index in [0.29, 0.717) is 6.54 Å². The Morgan fingerprint density at radius 3 is 2.29 bits per heavy atom. The van der Waals surface area contributed by atoms with Gasteiger partial charge in [-0.05, 0) is 11.1 Å². The maximum Gasteiger partial charge on any atom is 0.412 e. The van der Waals surface area contributed by atoms with Gasteiger partial charge in [0.1, 0.15) is 0 Å². The van der Waals surface area contributed by atoms with Gasteiger partial charge in [-0.3, -0.25) is 4.90 Å². The fraction of sp³-hybridized carbons (Fsp3) is 0.176. The van der Waals surface area contributed by atoms with Crippen LogP contribution in [0.15, 0.2) is 60.7 Å². The van der Waals surface area contributed by atoms with Gasteiger partial charge < -0.3 is 4.74 Å². The predicted molar refractivity (Wildman–Crippen MR) is 77.1 cm³/mol. The normalized spacial score (nSPS) is 20.9. The summed E-state index contributed by atoms with van der Waals surface area (Å²) in [6, 6.07) is 20.6. The van der Waals surface area contributed by atoms with Crippen LogP contribution in [0.5, 0.6) is 0 Å². The van der Waals surface area contributed by atoms with Crippen LogP contribution in [0, 0.1) is 11.3 Å². The molecule has 1 aliphatic heterocycles. The van der Waals surface area contributed by atoms with Crippen LogP contribution >= 0.6 is 0 Å². The molecule has 1 amide bonds. The molecule has 0 radical (unpaired) electrons. The number of hydrogen-bond donors (Lipinski definition) is 0. The highest BCUT2D eigenvalue weighted by Gasteiger charge is 2.42. The fourth-order valence-corrected chi connectivity index (χ4v) is 2.49. The third kappa shape index (κ3) is 2.59. The number of carbonyl (C=O) groups excluding carboxylic acids is 1. The number of cyclic esters (lactones) is 1. The first-order valence-electron chi connectivity index (χ1n) is 6.75. The van der Waals surface area contributed by atoms with Crippen molar-refractivity contribution in [1.82, 2.24) is 4.90 Å². The molecule has 0 saturated carbocycles. The molecule has 0 unspecified atom stereocenters. The average molecular weight is 278 g/mol. The van der Waals surface area contributed by atoms with E-state index in [2.05, 4.69) is 6.07 Å². The van der Waals surface area contributed by atoms with Crippen LogP contribution in [-0.4, -0.2) is 17.0 Å². The molecular formula is C17H14N2O2. The molecule has 0 aliphatic carbocycles. The summed E-state index contributed by atoms with van der Waals surface area (Å²) in [5.41, 5.74) is 1.82. The van der Waals surface area contributed by atoms with Gasteiger partial charge in [-0.25, -0.2) is 4.79 Å². The standard InChI is InChI=1S/C17H14N2O2/c18-11-15-16(14-9-5-2-6-10-14)21-17(20)19(15)12-13-7-3-1-4-8-13/h1-10,15-16H,12H2/t15-,16-/m1/s1. The number of ether oxygens (including phenoxy) is 1. The molecular weight excluding hydrogens is 264 g/mol. The molecule has 2 aromatic rings. The Hall–Kier alpha value is -2.80. The third-order valence-electron chi connectivity index (χ3n) is 3.54. The molecule has 0 aromatic heterocycles. The van der Waals surface area contributed by atoms with Crippen molar-refractivity contribution in [2.45, 2.75) is 18.7 Å². The molecule has 1 aliphatic rings. The molecule has 1 fully saturated rings. The smallest absolute Gasteiger partial charge is 0.412 e. The largest absolute Gasteiger partial charge is 0.438 e. The Kier molecular flexibility index (Phi) is 3.57. The van der Waals surface area contributed by atoms with Gasteiger partial charge in [0.05, 0.1) is 12.6 Å². The Morgan fingerprint density at radius 1 is 1.05 bits per heavy atom. The molecule has 4 heteroatoms. The van der Waals surface area contributed by atoms with Gasteiger partial charge >= 0.3 is 6.09 Å². The van der Waals surface area contributed by atoms with Crippen LogP contribution in [0.2, 0.25) is 0 Å². The molecule has 3 rings (SSSR count). The lowest BCUT2D eigenvalue weighted by atomic mass is 10.0. The second-order valence-corrected chi connectivity index (χ2v) is 4.90. The van der Waals surface area contributed by atoms with Crippen LogP contribution in [0.3, 0.4) is 0 Å². The number of nitriles is 1. The Bertz CT molecular complexity index is 664. The van der Waals surface area contributed by atoms with Crippen LogP contribution in [0.4, 0.5) is 4.79 Å². The van der Waals surface area contributed by atoms with Crippen LogP contribution < -0.4 is 0 Å². The van der Waals surface area contributed by atoms with E-state index in [1.54, 1.807) is 0 Å². The van der Waals surface area contributed by atoms with Crippen LogP contribution in [-0.2, 0) is 11.3 Å². The topological polar surface area (TPSA) is 53.3 Å². The summed E-state index contributed by atoms with van der Waals surface area (Å²) in [6.07, 6.45) is -0.980. The second kappa shape index (κ2) is 5.68. The highest BCUT2D eigenvalue weighted by atomic mass is 16.6. The molecule has 0 spiro atoms. The number of hydrogen-bond acceptors (Lipinski definition) is 3. The summed E-state index contributed by atoms with van der Waals surface area (Å²) >= 11 is 0. The van der Waals surface area contributed by atoms with Gasteiger partial charge in [0.15, 0.2) is 12.1 Å². The number of amides is 1. The molecule has 1 heterocycles. The van der Waals surface area contributed by atoms with Crippen molar-refractivity contribution in [1.29, 1.82) is 5.26 Å². The number of benzene rings is 2. The van der Waals surface area contributed by atoms with E-state index < -0.39 is 18.2 Å². The lowest BCUT2D eigenvalue weighted by Gasteiger charge is -2.18. The Balaban J connectivity index is 1.85. The minimum atomic E-state index is -0.611. The van der Waals surface area contributed by atoms with Crippen molar-refractivity contribution in [3.05, 3.63) is 71.8 Å². The first-order chi connectivity index (χ1) is 10.3. The summed E-state index contributed by atoms with van der Waals surface area (Å²) in [6.45, 7) is 0.376. The summed E-state index contributed by atoms with van der Waals surface area (Å²) in [7, 11) is 0. The maximum atomic E-state index is 12.1. The van der Waals surface area contributed by atoms with Crippen molar-refractivity contribution in [3.63, 3.8) is 0 Å². The van der Waals surface area contributed by atoms with Crippen LogP contribution in [0.25, 0.3) is 0 Å². The number of carbonyl (C=O) groups is 1. The first kappa shape index (κ1) is 13.2. The number of rotatable bonds is 3. The molecule has 104 valence electrons. The van der Waals surface area contributed by atoms with Crippen molar-refractivity contribution in [3.8, 4) is 6.07 Å². The zero-order chi connectivity index (χ0) is 14.7. The van der Waals surface area contributed by atoms with Crippen molar-refractivity contribution in [2.24, 2.45) is 0 Å². The zero-order valence-corrected chi connectivity index (χ0v) is 11.3. The molecule has 1 saturated heterocycles. The van der Waals surface area contributed by atoms with Gasteiger partial charge in [0.25, 0.3) is 0 Å². The van der Waals surface area contributed by atoms with Gasteiger partial charge in [-0.15, -0.1) is 0 Å². The molecule has 0 bridgehead atoms. The Labute approximate surface area is 123 Å². The molecule has 2 aromatic carbocycles. The van der Waals surface area contributed by atoms with E-state index in [-0.39, 0.29) is 0 Å². The van der Waals surface area contributed by atoms with E-state index >= 15 is 0 Å². The first-order valence-corrected chi connectivity index (χ1v) is 6.75. The van der Waals surface area contributed by atoms with Gasteiger partial charge in [-0.1, -0.05) is 60.7 Å². The van der Waals surface area contributed by atoms with Crippen molar-refractivity contribution >= 4 is 6.09 Å². The molecule has 21 heavy (non-hydrogen) atoms. The van der Waals surface area contributed by atoms with Gasteiger partial charge in [-0.2, -0.15) is 5.26 Å². The second-order valence-electron chi connectivity index (χ2n) is 4.90. The summed E-state index contributed by atoms with van der Waals surface area (Å²) in [4.78, 5) is 13.6. The van der Waals surface area contributed by atoms with Gasteiger partial charge in [0.2, 0.25) is 0 Å². The summed E-state index contributed by atoms with van der Waals surface area (Å²) in [5.74, 6) is 0. The summed E-state index contributed by atoms with van der Waals surface area (Å²) < 4.78 is 5.40. The van der Waals surface area contributed by atoms with Gasteiger partial charge in [0, 0.05) is 0 Å². The van der Waals surface area contributed by atoms with E-state index in [1.165, 1.54) is 4.90 Å². The minimum Gasteiger partial charge on any atom is -0.438 e. The molecule has 4 nitrogen and oxygen atoms in total. The van der Waals surface area contributed by atoms with E-state index in [9.17, 15) is 10.1 Å². The minimum absolute atomic E-state index is 0.376. The molecule has 0 N–H and O–H groups in total.